The van der Waals surface area contributed by atoms with Gasteiger partial charge in [0.05, 0.1) is 0 Å². The second-order valence-corrected chi connectivity index (χ2v) is 3.25. The van der Waals surface area contributed by atoms with Crippen molar-refractivity contribution in [3.05, 3.63) is 35.7 Å². The molecule has 0 N–H and O–H groups in total. The van der Waals surface area contributed by atoms with Crippen molar-refractivity contribution in [1.29, 1.82) is 0 Å². The molecule has 0 bridgehead atoms. The van der Waals surface area contributed by atoms with E-state index in [4.69, 9.17) is 0 Å². The third-order valence-electron chi connectivity index (χ3n) is 2.17. The summed E-state index contributed by atoms with van der Waals surface area (Å²) in [7, 11) is 1.92. The highest BCUT2D eigenvalue weighted by Crippen LogP contribution is 2.25. The van der Waals surface area contributed by atoms with E-state index in [0.29, 0.717) is 0 Å². The van der Waals surface area contributed by atoms with Crippen molar-refractivity contribution in [2.24, 2.45) is 0 Å². The molecule has 2 heteroatoms. The predicted octanol–water partition coefficient (Wildman–Crippen LogP) is 2.25. The van der Waals surface area contributed by atoms with Gasteiger partial charge < -0.3 is 4.90 Å². The fraction of sp³-hybridized carbons (Fsp3) is 0.364. The van der Waals surface area contributed by atoms with E-state index in [9.17, 15) is 4.79 Å². The molecule has 0 aliphatic carbocycles. The zero-order valence-electron chi connectivity index (χ0n) is 8.42. The molecule has 0 fully saturated rings. The third kappa shape index (κ3) is 1.89. The molecule has 1 rings (SSSR count). The summed E-state index contributed by atoms with van der Waals surface area (Å²) in [5, 5.41) is 0. The largest absolute Gasteiger partial charge is 0.356 e. The van der Waals surface area contributed by atoms with Gasteiger partial charge in [-0.3, -0.25) is 4.79 Å². The Morgan fingerprint density at radius 1 is 1.54 bits per heavy atom. The highest BCUT2D eigenvalue weighted by atomic mass is 16.1. The van der Waals surface area contributed by atoms with Crippen molar-refractivity contribution in [3.8, 4) is 0 Å². The molecule has 0 spiro atoms. The van der Waals surface area contributed by atoms with Crippen molar-refractivity contribution in [1.82, 2.24) is 4.90 Å². The average Bonchev–Trinajstić information content (AvgIpc) is 2.08. The Hall–Kier alpha value is -1.31. The smallest absolute Gasteiger partial charge is 0.161 e. The van der Waals surface area contributed by atoms with Gasteiger partial charge in [0.2, 0.25) is 0 Å². The van der Waals surface area contributed by atoms with Crippen LogP contribution in [0, 0.1) is 0 Å². The number of carbonyl (C=O) groups excluding carboxylic acids is 1. The summed E-state index contributed by atoms with van der Waals surface area (Å²) in [6, 6.07) is 0. The standard InChI is InChI=1S/C11H15NO/c1-5-10-6-12(4)7-11(8(10)2)9(3)13/h6-7H,2,5H2,1,3-4H3. The minimum atomic E-state index is 0.0795. The quantitative estimate of drug-likeness (QED) is 0.644. The third-order valence-corrected chi connectivity index (χ3v) is 2.17. The molecule has 0 amide bonds. The average molecular weight is 177 g/mol. The second kappa shape index (κ2) is 3.60. The van der Waals surface area contributed by atoms with Crippen molar-refractivity contribution in [2.45, 2.75) is 20.3 Å². The predicted molar refractivity (Wildman–Crippen MR) is 54.0 cm³/mol. The maximum absolute atomic E-state index is 11.2. The van der Waals surface area contributed by atoms with Crippen LogP contribution in [0.1, 0.15) is 20.3 Å². The van der Waals surface area contributed by atoms with E-state index in [1.165, 1.54) is 0 Å². The molecule has 70 valence electrons. The van der Waals surface area contributed by atoms with Gasteiger partial charge in [-0.15, -0.1) is 0 Å². The monoisotopic (exact) mass is 177 g/mol. The zero-order valence-corrected chi connectivity index (χ0v) is 8.42. The molecule has 0 aromatic rings. The van der Waals surface area contributed by atoms with Crippen LogP contribution in [0.25, 0.3) is 0 Å². The highest BCUT2D eigenvalue weighted by molar-refractivity contribution is 5.99. The lowest BCUT2D eigenvalue weighted by Gasteiger charge is -2.22. The first-order valence-electron chi connectivity index (χ1n) is 4.41. The van der Waals surface area contributed by atoms with Crippen LogP contribution in [0.4, 0.5) is 0 Å². The van der Waals surface area contributed by atoms with Crippen LogP contribution in [-0.2, 0) is 4.79 Å². The Balaban J connectivity index is 3.02. The molecule has 1 aliphatic heterocycles. The Morgan fingerprint density at radius 3 is 2.62 bits per heavy atom. The summed E-state index contributed by atoms with van der Waals surface area (Å²) in [6.07, 6.45) is 4.74. The normalized spacial score (nSPS) is 16.8. The molecule has 13 heavy (non-hydrogen) atoms. The Labute approximate surface area is 79.2 Å². The second-order valence-electron chi connectivity index (χ2n) is 3.25. The summed E-state index contributed by atoms with van der Waals surface area (Å²) in [6.45, 7) is 7.56. The number of allylic oxidation sites excluding steroid dienone is 3. The van der Waals surface area contributed by atoms with Crippen LogP contribution < -0.4 is 0 Å². The maximum atomic E-state index is 11.2. The number of ketones is 1. The molecule has 2 nitrogen and oxygen atoms in total. The zero-order chi connectivity index (χ0) is 10.0. The van der Waals surface area contributed by atoms with Gasteiger partial charge in [-0.05, 0) is 24.5 Å². The molecular formula is C11H15NO. The number of nitrogens with zero attached hydrogens (tertiary/aromatic N) is 1. The number of hydrogen-bond donors (Lipinski definition) is 0. The van der Waals surface area contributed by atoms with E-state index < -0.39 is 0 Å². The first-order valence-corrected chi connectivity index (χ1v) is 4.41. The number of rotatable bonds is 2. The summed E-state index contributed by atoms with van der Waals surface area (Å²) >= 11 is 0. The fourth-order valence-electron chi connectivity index (χ4n) is 1.42. The van der Waals surface area contributed by atoms with E-state index in [2.05, 4.69) is 13.5 Å². The first kappa shape index (κ1) is 9.78. The van der Waals surface area contributed by atoms with Crippen LogP contribution in [0.2, 0.25) is 0 Å². The molecule has 0 aromatic heterocycles. The van der Waals surface area contributed by atoms with Gasteiger partial charge in [0.1, 0.15) is 0 Å². The SMILES string of the molecule is C=C1C(CC)=CN(C)C=C1C(C)=O. The summed E-state index contributed by atoms with van der Waals surface area (Å²) in [5.74, 6) is 0.0795. The molecule has 0 radical (unpaired) electrons. The molecule has 0 atom stereocenters. The summed E-state index contributed by atoms with van der Waals surface area (Å²) in [5.41, 5.74) is 2.73. The van der Waals surface area contributed by atoms with Crippen LogP contribution in [0.5, 0.6) is 0 Å². The lowest BCUT2D eigenvalue weighted by atomic mass is 9.94. The van der Waals surface area contributed by atoms with Gasteiger partial charge >= 0.3 is 0 Å². The van der Waals surface area contributed by atoms with Gasteiger partial charge in [0.15, 0.2) is 5.78 Å². The fourth-order valence-corrected chi connectivity index (χ4v) is 1.42. The number of carbonyl (C=O) groups is 1. The van der Waals surface area contributed by atoms with Gasteiger partial charge in [-0.25, -0.2) is 0 Å². The molecule has 0 saturated carbocycles. The van der Waals surface area contributed by atoms with Gasteiger partial charge in [-0.2, -0.15) is 0 Å². The van der Waals surface area contributed by atoms with Crippen molar-refractivity contribution >= 4 is 5.78 Å². The Kier molecular flexibility index (Phi) is 2.71. The number of Topliss-reactive ketones (excluding diaryl/α,β-unsaturated/α-hetero) is 1. The van der Waals surface area contributed by atoms with Crippen molar-refractivity contribution in [3.63, 3.8) is 0 Å². The van der Waals surface area contributed by atoms with Gasteiger partial charge in [0.25, 0.3) is 0 Å². The number of hydrogen-bond acceptors (Lipinski definition) is 2. The van der Waals surface area contributed by atoms with Gasteiger partial charge in [0, 0.05) is 25.0 Å². The van der Waals surface area contributed by atoms with Crippen LogP contribution in [0.3, 0.4) is 0 Å². The minimum absolute atomic E-state index is 0.0795. The van der Waals surface area contributed by atoms with E-state index >= 15 is 0 Å². The van der Waals surface area contributed by atoms with Crippen molar-refractivity contribution in [2.75, 3.05) is 7.05 Å². The maximum Gasteiger partial charge on any atom is 0.161 e. The van der Waals surface area contributed by atoms with E-state index in [1.807, 2.05) is 24.3 Å². The van der Waals surface area contributed by atoms with E-state index in [0.717, 1.165) is 23.1 Å². The molecule has 1 heterocycles. The molecular weight excluding hydrogens is 162 g/mol. The topological polar surface area (TPSA) is 20.3 Å². The first-order chi connectivity index (χ1) is 6.06. The highest BCUT2D eigenvalue weighted by Gasteiger charge is 2.16. The molecule has 0 aromatic carbocycles. The van der Waals surface area contributed by atoms with E-state index in [-0.39, 0.29) is 5.78 Å². The van der Waals surface area contributed by atoms with E-state index in [1.54, 1.807) is 6.92 Å². The summed E-state index contributed by atoms with van der Waals surface area (Å²) in [4.78, 5) is 13.1. The van der Waals surface area contributed by atoms with Crippen LogP contribution >= 0.6 is 0 Å². The van der Waals surface area contributed by atoms with Crippen LogP contribution in [0.15, 0.2) is 35.7 Å². The lowest BCUT2D eigenvalue weighted by molar-refractivity contribution is -0.113. The minimum Gasteiger partial charge on any atom is -0.356 e. The summed E-state index contributed by atoms with van der Waals surface area (Å²) < 4.78 is 0. The Bertz CT molecular complexity index is 310. The van der Waals surface area contributed by atoms with Crippen LogP contribution in [-0.4, -0.2) is 17.7 Å². The Morgan fingerprint density at radius 2 is 2.15 bits per heavy atom. The lowest BCUT2D eigenvalue weighted by Crippen LogP contribution is -2.15. The van der Waals surface area contributed by atoms with Crippen molar-refractivity contribution < 1.29 is 4.79 Å². The molecule has 0 unspecified atom stereocenters. The molecule has 0 saturated heterocycles. The molecule has 1 aliphatic rings. The van der Waals surface area contributed by atoms with Gasteiger partial charge in [-0.1, -0.05) is 13.5 Å².